The second kappa shape index (κ2) is 8.83. The van der Waals surface area contributed by atoms with Crippen LogP contribution in [0.15, 0.2) is 11.6 Å². The minimum atomic E-state index is -0.776. The van der Waals surface area contributed by atoms with Crippen molar-refractivity contribution in [3.63, 3.8) is 0 Å². The number of aliphatic hydroxyl groups excluding tert-OH is 1. The maximum atomic E-state index is 12.4. The van der Waals surface area contributed by atoms with E-state index in [1.54, 1.807) is 0 Å². The molecule has 0 amide bonds. The van der Waals surface area contributed by atoms with Crippen molar-refractivity contribution in [3.8, 4) is 0 Å². The minimum absolute atomic E-state index is 0.0384. The monoisotopic (exact) mass is 504 g/mol. The van der Waals surface area contributed by atoms with Crippen LogP contribution in [0.25, 0.3) is 0 Å². The summed E-state index contributed by atoms with van der Waals surface area (Å²) >= 11 is 0. The molecular weight excluding hydrogens is 464 g/mol. The molecule has 0 aromatic carbocycles. The van der Waals surface area contributed by atoms with Gasteiger partial charge in [-0.3, -0.25) is 14.4 Å². The standard InChI is InChI=1S/C28H40O8/c1-15(29)33-19-6-9-26(4)18(12-19)13-21(34-16(2)30)24-20-7-10-28(11-8-23(32)36-28)27(20,5)14-22(25(24)26)35-17(3)31/h13,19-25,32H,6-12,14H2,1-5H3/t19-,20-,21-,22+,23?,24+,25?,26?,27?,28+/m0/s1. The number of ether oxygens (including phenoxy) is 4. The van der Waals surface area contributed by atoms with E-state index in [2.05, 4.69) is 19.9 Å². The Morgan fingerprint density at radius 1 is 0.944 bits per heavy atom. The third-order valence-corrected chi connectivity index (χ3v) is 10.4. The lowest BCUT2D eigenvalue weighted by Gasteiger charge is -2.62. The second-order valence-electron chi connectivity index (χ2n) is 12.3. The lowest BCUT2D eigenvalue weighted by atomic mass is 9.45. The van der Waals surface area contributed by atoms with Crippen LogP contribution in [0.1, 0.15) is 86.0 Å². The Bertz CT molecular complexity index is 975. The van der Waals surface area contributed by atoms with Gasteiger partial charge in [0.15, 0.2) is 6.29 Å². The van der Waals surface area contributed by atoms with E-state index in [4.69, 9.17) is 18.9 Å². The van der Waals surface area contributed by atoms with Crippen LogP contribution in [0, 0.1) is 28.6 Å². The largest absolute Gasteiger partial charge is 0.462 e. The predicted molar refractivity (Wildman–Crippen MR) is 128 cm³/mol. The van der Waals surface area contributed by atoms with Crippen molar-refractivity contribution in [2.45, 2.75) is 116 Å². The van der Waals surface area contributed by atoms with Crippen LogP contribution in [0.4, 0.5) is 0 Å². The zero-order valence-electron chi connectivity index (χ0n) is 22.1. The van der Waals surface area contributed by atoms with E-state index >= 15 is 0 Å². The highest BCUT2D eigenvalue weighted by Gasteiger charge is 2.70. The van der Waals surface area contributed by atoms with E-state index in [1.807, 2.05) is 0 Å². The van der Waals surface area contributed by atoms with Gasteiger partial charge in [0.1, 0.15) is 18.3 Å². The van der Waals surface area contributed by atoms with Gasteiger partial charge in [0.2, 0.25) is 0 Å². The van der Waals surface area contributed by atoms with E-state index in [-0.39, 0.29) is 58.7 Å². The van der Waals surface area contributed by atoms with Crippen LogP contribution in [0.2, 0.25) is 0 Å². The quantitative estimate of drug-likeness (QED) is 0.351. The summed E-state index contributed by atoms with van der Waals surface area (Å²) in [5, 5.41) is 10.3. The molecule has 3 saturated carbocycles. The molecule has 0 aromatic heterocycles. The number of rotatable bonds is 3. The van der Waals surface area contributed by atoms with Crippen molar-refractivity contribution in [2.24, 2.45) is 28.6 Å². The number of fused-ring (bicyclic) bond motifs is 6. The van der Waals surface area contributed by atoms with Crippen LogP contribution < -0.4 is 0 Å². The van der Waals surface area contributed by atoms with Gasteiger partial charge in [0.05, 0.1) is 5.60 Å². The third kappa shape index (κ3) is 3.90. The average molecular weight is 505 g/mol. The molecule has 1 spiro atoms. The van der Waals surface area contributed by atoms with Gasteiger partial charge in [-0.2, -0.15) is 0 Å². The Morgan fingerprint density at radius 2 is 1.61 bits per heavy atom. The fourth-order valence-electron chi connectivity index (χ4n) is 9.05. The van der Waals surface area contributed by atoms with Crippen molar-refractivity contribution < 1.29 is 38.4 Å². The molecule has 0 bridgehead atoms. The Morgan fingerprint density at radius 3 is 2.22 bits per heavy atom. The van der Waals surface area contributed by atoms with Gasteiger partial charge in [-0.15, -0.1) is 0 Å². The molecule has 1 saturated heterocycles. The van der Waals surface area contributed by atoms with Gasteiger partial charge in [-0.25, -0.2) is 0 Å². The van der Waals surface area contributed by atoms with Crippen molar-refractivity contribution in [2.75, 3.05) is 0 Å². The first kappa shape index (κ1) is 25.7. The summed E-state index contributed by atoms with van der Waals surface area (Å²) < 4.78 is 23.9. The summed E-state index contributed by atoms with van der Waals surface area (Å²) in [5.41, 5.74) is 0.0407. The Labute approximate surface area is 213 Å². The minimum Gasteiger partial charge on any atom is -0.462 e. The molecule has 8 nitrogen and oxygen atoms in total. The Balaban J connectivity index is 1.60. The fourth-order valence-corrected chi connectivity index (χ4v) is 9.05. The zero-order chi connectivity index (χ0) is 26.0. The summed E-state index contributed by atoms with van der Waals surface area (Å²) in [6.45, 7) is 8.77. The Hall–Kier alpha value is -1.93. The van der Waals surface area contributed by atoms with Gasteiger partial charge < -0.3 is 24.1 Å². The topological polar surface area (TPSA) is 108 Å². The van der Waals surface area contributed by atoms with E-state index < -0.39 is 18.0 Å². The number of esters is 3. The number of aliphatic hydroxyl groups is 1. The molecule has 0 aromatic rings. The van der Waals surface area contributed by atoms with Crippen molar-refractivity contribution in [3.05, 3.63) is 11.6 Å². The molecule has 36 heavy (non-hydrogen) atoms. The Kier molecular flexibility index (Phi) is 6.30. The maximum absolute atomic E-state index is 12.4. The average Bonchev–Trinajstić information content (AvgIpc) is 3.27. The predicted octanol–water partition coefficient (Wildman–Crippen LogP) is 3.83. The molecule has 1 heterocycles. The van der Waals surface area contributed by atoms with Crippen molar-refractivity contribution >= 4 is 17.9 Å². The number of carbonyl (C=O) groups is 3. The summed E-state index contributed by atoms with van der Waals surface area (Å²) in [6, 6.07) is 0. The second-order valence-corrected chi connectivity index (χ2v) is 12.3. The summed E-state index contributed by atoms with van der Waals surface area (Å²) in [5.74, 6) is -0.860. The molecule has 5 rings (SSSR count). The van der Waals surface area contributed by atoms with Crippen LogP contribution in [-0.2, 0) is 33.3 Å². The van der Waals surface area contributed by atoms with Crippen LogP contribution in [-0.4, -0.2) is 53.2 Å². The molecule has 4 aliphatic carbocycles. The number of hydrogen-bond donors (Lipinski definition) is 1. The molecule has 4 fully saturated rings. The smallest absolute Gasteiger partial charge is 0.303 e. The lowest BCUT2D eigenvalue weighted by molar-refractivity contribution is -0.228. The molecule has 5 aliphatic rings. The maximum Gasteiger partial charge on any atom is 0.303 e. The normalized spacial score (nSPS) is 47.3. The molecule has 0 radical (unpaired) electrons. The molecule has 1 aliphatic heterocycles. The van der Waals surface area contributed by atoms with Crippen molar-refractivity contribution in [1.29, 1.82) is 0 Å². The van der Waals surface area contributed by atoms with Crippen LogP contribution in [0.5, 0.6) is 0 Å². The highest BCUT2D eigenvalue weighted by atomic mass is 16.6. The summed E-state index contributed by atoms with van der Waals surface area (Å²) in [6.07, 6.45) is 6.16. The lowest BCUT2D eigenvalue weighted by Crippen LogP contribution is -2.63. The summed E-state index contributed by atoms with van der Waals surface area (Å²) in [7, 11) is 0. The zero-order valence-corrected chi connectivity index (χ0v) is 22.1. The SMILES string of the molecule is CC(=O)O[C@H]1CCC2(C)C(=C[C@H](OC(C)=O)[C@@H]3C2[C@H](OC(C)=O)CC2(C)[C@H]3CC[C@@]23CCC(O)O3)C1. The van der Waals surface area contributed by atoms with Gasteiger partial charge in [0, 0.05) is 50.9 Å². The van der Waals surface area contributed by atoms with Crippen LogP contribution >= 0.6 is 0 Å². The van der Waals surface area contributed by atoms with E-state index in [0.29, 0.717) is 19.3 Å². The fraction of sp³-hybridized carbons (Fsp3) is 0.821. The molecule has 1 N–H and O–H groups in total. The highest BCUT2D eigenvalue weighted by Crippen LogP contribution is 2.70. The molecule has 8 heteroatoms. The third-order valence-electron chi connectivity index (χ3n) is 10.4. The van der Waals surface area contributed by atoms with Gasteiger partial charge in [0.25, 0.3) is 0 Å². The van der Waals surface area contributed by atoms with Gasteiger partial charge in [-0.1, -0.05) is 19.4 Å². The molecule has 200 valence electrons. The van der Waals surface area contributed by atoms with E-state index in [0.717, 1.165) is 37.7 Å². The first-order chi connectivity index (χ1) is 16.9. The first-order valence-electron chi connectivity index (χ1n) is 13.5. The molecule has 4 unspecified atom stereocenters. The molecule has 10 atom stereocenters. The first-order valence-corrected chi connectivity index (χ1v) is 13.5. The summed E-state index contributed by atoms with van der Waals surface area (Å²) in [4.78, 5) is 36.4. The molecular formula is C28H40O8. The van der Waals surface area contributed by atoms with E-state index in [1.165, 1.54) is 20.8 Å². The van der Waals surface area contributed by atoms with E-state index in [9.17, 15) is 19.5 Å². The number of hydrogen-bond acceptors (Lipinski definition) is 8. The van der Waals surface area contributed by atoms with Crippen LogP contribution in [0.3, 0.4) is 0 Å². The van der Waals surface area contributed by atoms with Gasteiger partial charge in [-0.05, 0) is 55.9 Å². The highest BCUT2D eigenvalue weighted by molar-refractivity contribution is 5.67. The van der Waals surface area contributed by atoms with Crippen molar-refractivity contribution in [1.82, 2.24) is 0 Å². The number of carbonyl (C=O) groups excluding carboxylic acids is 3. The van der Waals surface area contributed by atoms with Gasteiger partial charge >= 0.3 is 17.9 Å².